The normalized spacial score (nSPS) is 15.7. The van der Waals surface area contributed by atoms with E-state index in [0.717, 1.165) is 43.3 Å². The Hall–Kier alpha value is -2.07. The number of carbonyl (C=O) groups excluding carboxylic acids is 3. The minimum absolute atomic E-state index is 0.138. The Labute approximate surface area is 197 Å². The molecule has 1 aromatic carbocycles. The Morgan fingerprint density at radius 3 is 2.36 bits per heavy atom. The predicted octanol–water partition coefficient (Wildman–Crippen LogP) is 3.04. The van der Waals surface area contributed by atoms with Gasteiger partial charge in [-0.2, -0.15) is 24.9 Å². The summed E-state index contributed by atoms with van der Waals surface area (Å²) in [4.78, 5) is 40.2. The molecule has 1 atom stereocenters. The largest absolute Gasteiger partial charge is 0.450 e. The maximum atomic E-state index is 13.1. The van der Waals surface area contributed by atoms with Gasteiger partial charge in [0, 0.05) is 13.1 Å². The number of carbonyl (C=O) groups is 3. The Kier molecular flexibility index (Phi) is 11.2. The molecule has 0 spiro atoms. The van der Waals surface area contributed by atoms with Gasteiger partial charge in [-0.1, -0.05) is 36.8 Å². The van der Waals surface area contributed by atoms with Crippen molar-refractivity contribution in [2.24, 2.45) is 5.73 Å². The molecule has 0 bridgehead atoms. The molecule has 2 amide bonds. The van der Waals surface area contributed by atoms with Gasteiger partial charge in [-0.3, -0.25) is 14.4 Å². The lowest BCUT2D eigenvalue weighted by Gasteiger charge is -2.33. The lowest BCUT2D eigenvalue weighted by Crippen LogP contribution is -2.51. The highest BCUT2D eigenvalue weighted by Gasteiger charge is 2.37. The fourth-order valence-electron chi connectivity index (χ4n) is 3.84. The predicted molar refractivity (Wildman–Crippen MR) is 123 cm³/mol. The first-order valence-electron chi connectivity index (χ1n) is 11.2. The second-order valence-electron chi connectivity index (χ2n) is 8.19. The molecule has 0 aromatic heterocycles. The van der Waals surface area contributed by atoms with Crippen molar-refractivity contribution in [1.82, 2.24) is 9.80 Å². The van der Waals surface area contributed by atoms with E-state index >= 15 is 0 Å². The van der Waals surface area contributed by atoms with Crippen LogP contribution in [0.4, 0.5) is 13.2 Å². The lowest BCUT2D eigenvalue weighted by molar-refractivity contribution is -0.167. The van der Waals surface area contributed by atoms with E-state index in [4.69, 9.17) is 5.73 Å². The number of alkyl halides is 3. The van der Waals surface area contributed by atoms with Crippen LogP contribution in [-0.4, -0.2) is 77.3 Å². The molecule has 1 saturated heterocycles. The van der Waals surface area contributed by atoms with Crippen LogP contribution in [0.25, 0.3) is 0 Å². The standard InChI is InChI=1S/C23H32F3N3O3S/c24-23(25,26)20(30)17-33-15-7-10-19(22(27)32)29(14-13-28-11-5-2-6-12-28)21(31)16-18-8-3-1-4-9-18/h1,3-4,8-9,19H,2,5-7,10-17H2,(H2,27,32)/t19-/m0/s1. The summed E-state index contributed by atoms with van der Waals surface area (Å²) in [6.07, 6.45) is -0.704. The summed E-state index contributed by atoms with van der Waals surface area (Å²) < 4.78 is 37.0. The van der Waals surface area contributed by atoms with Gasteiger partial charge in [0.05, 0.1) is 12.2 Å². The molecule has 1 heterocycles. The van der Waals surface area contributed by atoms with Crippen molar-refractivity contribution < 1.29 is 27.6 Å². The number of primary amides is 1. The molecule has 1 fully saturated rings. The van der Waals surface area contributed by atoms with Gasteiger partial charge < -0.3 is 15.5 Å². The third-order valence-corrected chi connectivity index (χ3v) is 6.69. The van der Waals surface area contributed by atoms with Crippen LogP contribution in [0.15, 0.2) is 30.3 Å². The molecule has 10 heteroatoms. The number of hydrogen-bond donors (Lipinski definition) is 1. The van der Waals surface area contributed by atoms with E-state index in [2.05, 4.69) is 4.90 Å². The molecule has 1 aliphatic heterocycles. The smallest absolute Gasteiger partial charge is 0.368 e. The zero-order chi connectivity index (χ0) is 24.3. The van der Waals surface area contributed by atoms with Crippen LogP contribution >= 0.6 is 11.8 Å². The maximum Gasteiger partial charge on any atom is 0.450 e. The third-order valence-electron chi connectivity index (χ3n) is 5.64. The highest BCUT2D eigenvalue weighted by Crippen LogP contribution is 2.20. The minimum Gasteiger partial charge on any atom is -0.368 e. The number of nitrogens with zero attached hydrogens (tertiary/aromatic N) is 2. The van der Waals surface area contributed by atoms with Gasteiger partial charge >= 0.3 is 6.18 Å². The van der Waals surface area contributed by atoms with Crippen LogP contribution in [0.5, 0.6) is 0 Å². The van der Waals surface area contributed by atoms with E-state index in [-0.39, 0.29) is 24.5 Å². The van der Waals surface area contributed by atoms with E-state index < -0.39 is 29.7 Å². The number of halogens is 3. The van der Waals surface area contributed by atoms with Gasteiger partial charge in [0.15, 0.2) is 0 Å². The van der Waals surface area contributed by atoms with E-state index in [1.807, 2.05) is 30.3 Å². The topological polar surface area (TPSA) is 83.7 Å². The van der Waals surface area contributed by atoms with Crippen LogP contribution in [0.1, 0.15) is 37.7 Å². The van der Waals surface area contributed by atoms with Crippen molar-refractivity contribution >= 4 is 29.4 Å². The molecular formula is C23H32F3N3O3S. The van der Waals surface area contributed by atoms with Gasteiger partial charge in [-0.05, 0) is 50.1 Å². The molecule has 184 valence electrons. The van der Waals surface area contributed by atoms with Crippen LogP contribution < -0.4 is 5.73 Å². The summed E-state index contributed by atoms with van der Waals surface area (Å²) in [5.41, 5.74) is 6.47. The van der Waals surface area contributed by atoms with Crippen LogP contribution in [0.2, 0.25) is 0 Å². The van der Waals surface area contributed by atoms with Crippen LogP contribution in [0, 0.1) is 0 Å². The van der Waals surface area contributed by atoms with Crippen molar-refractivity contribution in [3.8, 4) is 0 Å². The summed E-state index contributed by atoms with van der Waals surface area (Å²) in [6.45, 7) is 2.90. The summed E-state index contributed by atoms with van der Waals surface area (Å²) >= 11 is 0.867. The Bertz CT molecular complexity index is 771. The molecule has 0 saturated carbocycles. The first-order valence-corrected chi connectivity index (χ1v) is 12.4. The van der Waals surface area contributed by atoms with Gasteiger partial charge in [0.25, 0.3) is 0 Å². The first-order chi connectivity index (χ1) is 15.7. The van der Waals surface area contributed by atoms with Gasteiger partial charge in [-0.25, -0.2) is 0 Å². The van der Waals surface area contributed by atoms with E-state index in [9.17, 15) is 27.6 Å². The molecule has 2 rings (SSSR count). The molecule has 0 radical (unpaired) electrons. The van der Waals surface area contributed by atoms with Crippen LogP contribution in [-0.2, 0) is 20.8 Å². The van der Waals surface area contributed by atoms with Crippen molar-refractivity contribution in [3.05, 3.63) is 35.9 Å². The molecule has 6 nitrogen and oxygen atoms in total. The van der Waals surface area contributed by atoms with E-state index in [1.54, 1.807) is 0 Å². The summed E-state index contributed by atoms with van der Waals surface area (Å²) in [7, 11) is 0. The summed E-state index contributed by atoms with van der Waals surface area (Å²) in [5.74, 6) is -3.01. The van der Waals surface area contributed by atoms with E-state index in [0.29, 0.717) is 19.5 Å². The summed E-state index contributed by atoms with van der Waals surface area (Å²) in [5, 5.41) is 0. The molecule has 33 heavy (non-hydrogen) atoms. The molecule has 0 aliphatic carbocycles. The monoisotopic (exact) mass is 487 g/mol. The molecule has 0 unspecified atom stereocenters. The Morgan fingerprint density at radius 2 is 1.76 bits per heavy atom. The van der Waals surface area contributed by atoms with Crippen molar-refractivity contribution in [1.29, 1.82) is 0 Å². The highest BCUT2D eigenvalue weighted by molar-refractivity contribution is 7.99. The fraction of sp³-hybridized carbons (Fsp3) is 0.609. The fourth-order valence-corrected chi connectivity index (χ4v) is 4.70. The molecule has 2 N–H and O–H groups in total. The zero-order valence-electron chi connectivity index (χ0n) is 18.7. The van der Waals surface area contributed by atoms with Gasteiger partial charge in [-0.15, -0.1) is 0 Å². The van der Waals surface area contributed by atoms with Gasteiger partial charge in [0.2, 0.25) is 17.6 Å². The van der Waals surface area contributed by atoms with Crippen molar-refractivity contribution in [2.75, 3.05) is 37.7 Å². The number of thioether (sulfide) groups is 1. The highest BCUT2D eigenvalue weighted by atomic mass is 32.2. The Balaban J connectivity index is 1.98. The number of piperidine rings is 1. The van der Waals surface area contributed by atoms with E-state index in [1.165, 1.54) is 11.3 Å². The zero-order valence-corrected chi connectivity index (χ0v) is 19.5. The quantitative estimate of drug-likeness (QED) is 0.433. The average Bonchev–Trinajstić information content (AvgIpc) is 2.78. The number of amides is 2. The second kappa shape index (κ2) is 13.6. The lowest BCUT2D eigenvalue weighted by atomic mass is 10.1. The molecule has 1 aromatic rings. The van der Waals surface area contributed by atoms with Crippen molar-refractivity contribution in [2.45, 2.75) is 50.7 Å². The number of Topliss-reactive ketones (excluding diaryl/α,β-unsaturated/α-hetero) is 1. The maximum absolute atomic E-state index is 13.1. The third kappa shape index (κ3) is 9.75. The number of likely N-dealkylation sites (tertiary alicyclic amines) is 1. The number of nitrogens with two attached hydrogens (primary N) is 1. The summed E-state index contributed by atoms with van der Waals surface area (Å²) in [6, 6.07) is 8.38. The molecule has 1 aliphatic rings. The first kappa shape index (κ1) is 27.2. The number of benzene rings is 1. The molecular weight excluding hydrogens is 455 g/mol. The van der Waals surface area contributed by atoms with Crippen molar-refractivity contribution in [3.63, 3.8) is 0 Å². The Morgan fingerprint density at radius 1 is 1.09 bits per heavy atom. The number of ketones is 1. The van der Waals surface area contributed by atoms with Crippen LogP contribution in [0.3, 0.4) is 0 Å². The number of rotatable bonds is 13. The SMILES string of the molecule is NC(=O)[C@H](CCCSCC(=O)C(F)(F)F)N(CCN1CCCCC1)C(=O)Cc1ccccc1. The number of hydrogen-bond acceptors (Lipinski definition) is 5. The minimum atomic E-state index is -4.84. The van der Waals surface area contributed by atoms with Gasteiger partial charge in [0.1, 0.15) is 6.04 Å². The second-order valence-corrected chi connectivity index (χ2v) is 9.29. The average molecular weight is 488 g/mol.